The number of halogens is 1. The quantitative estimate of drug-likeness (QED) is 0.929. The molecule has 15 heavy (non-hydrogen) atoms. The topological polar surface area (TPSA) is 29.5 Å². The van der Waals surface area contributed by atoms with Crippen molar-refractivity contribution in [3.05, 3.63) is 45.1 Å². The van der Waals surface area contributed by atoms with Crippen LogP contribution in [0, 0.1) is 0 Å². The Kier molecular flexibility index (Phi) is 3.28. The van der Waals surface area contributed by atoms with Gasteiger partial charge >= 0.3 is 0 Å². The van der Waals surface area contributed by atoms with E-state index < -0.39 is 0 Å². The molecule has 0 unspecified atom stereocenters. The van der Waals surface area contributed by atoms with Crippen molar-refractivity contribution in [2.24, 2.45) is 0 Å². The van der Waals surface area contributed by atoms with E-state index in [1.807, 2.05) is 12.1 Å². The van der Waals surface area contributed by atoms with Crippen LogP contribution in [0.3, 0.4) is 0 Å². The van der Waals surface area contributed by atoms with Gasteiger partial charge in [0.1, 0.15) is 18.1 Å². The van der Waals surface area contributed by atoms with Crippen LogP contribution in [0.5, 0.6) is 11.5 Å². The van der Waals surface area contributed by atoms with Gasteiger partial charge in [-0.3, -0.25) is 0 Å². The maximum atomic E-state index is 9.09. The van der Waals surface area contributed by atoms with Crippen molar-refractivity contribution in [1.82, 2.24) is 0 Å². The first-order chi connectivity index (χ1) is 7.24. The number of rotatable bonds is 3. The molecule has 78 valence electrons. The molecule has 4 heteroatoms. The molecule has 2 aromatic rings. The summed E-state index contributed by atoms with van der Waals surface area (Å²) in [7, 11) is 0. The molecule has 2 nitrogen and oxygen atoms in total. The van der Waals surface area contributed by atoms with Gasteiger partial charge in [0.2, 0.25) is 0 Å². The number of thiophene rings is 1. The van der Waals surface area contributed by atoms with Crippen molar-refractivity contribution in [3.63, 3.8) is 0 Å². The Morgan fingerprint density at radius 2 is 1.87 bits per heavy atom. The van der Waals surface area contributed by atoms with Gasteiger partial charge in [-0.25, -0.2) is 0 Å². The highest BCUT2D eigenvalue weighted by Crippen LogP contribution is 2.24. The highest BCUT2D eigenvalue weighted by atomic mass is 79.9. The second-order valence-corrected chi connectivity index (χ2v) is 5.54. The van der Waals surface area contributed by atoms with Crippen LogP contribution in [0.4, 0.5) is 0 Å². The van der Waals surface area contributed by atoms with Crippen LogP contribution in [0.2, 0.25) is 0 Å². The number of ether oxygens (including phenoxy) is 1. The van der Waals surface area contributed by atoms with Gasteiger partial charge in [-0.2, -0.15) is 0 Å². The molecule has 0 amide bonds. The van der Waals surface area contributed by atoms with E-state index in [1.54, 1.807) is 35.6 Å². The second-order valence-electron chi connectivity index (χ2n) is 2.99. The summed E-state index contributed by atoms with van der Waals surface area (Å²) < 4.78 is 6.64. The second kappa shape index (κ2) is 4.68. The largest absolute Gasteiger partial charge is 0.508 e. The third-order valence-electron chi connectivity index (χ3n) is 1.85. The van der Waals surface area contributed by atoms with E-state index in [9.17, 15) is 0 Å². The lowest BCUT2D eigenvalue weighted by Crippen LogP contribution is -1.91. The number of hydrogen-bond donors (Lipinski definition) is 1. The minimum Gasteiger partial charge on any atom is -0.508 e. The third kappa shape index (κ3) is 2.97. The summed E-state index contributed by atoms with van der Waals surface area (Å²) in [5.41, 5.74) is 0. The van der Waals surface area contributed by atoms with E-state index in [1.165, 1.54) is 0 Å². The predicted molar refractivity (Wildman–Crippen MR) is 64.5 cm³/mol. The molecular formula is C11H9BrO2S. The summed E-state index contributed by atoms with van der Waals surface area (Å²) >= 11 is 5.05. The zero-order valence-corrected chi connectivity index (χ0v) is 10.2. The van der Waals surface area contributed by atoms with E-state index in [0.29, 0.717) is 6.61 Å². The van der Waals surface area contributed by atoms with Crippen molar-refractivity contribution in [2.75, 3.05) is 0 Å². The molecule has 0 aliphatic rings. The molecule has 0 fully saturated rings. The van der Waals surface area contributed by atoms with Crippen molar-refractivity contribution in [3.8, 4) is 11.5 Å². The maximum absolute atomic E-state index is 9.09. The monoisotopic (exact) mass is 284 g/mol. The summed E-state index contributed by atoms with van der Waals surface area (Å²) in [5.74, 6) is 1.01. The molecule has 1 N–H and O–H groups in total. The minimum absolute atomic E-state index is 0.251. The Hall–Kier alpha value is -1.00. The fourth-order valence-corrected chi connectivity index (χ4v) is 2.52. The van der Waals surface area contributed by atoms with Crippen LogP contribution in [0.15, 0.2) is 40.2 Å². The zero-order chi connectivity index (χ0) is 10.7. The molecule has 0 saturated heterocycles. The van der Waals surface area contributed by atoms with Crippen LogP contribution < -0.4 is 4.74 Å². The molecule has 0 aliphatic heterocycles. The Bertz CT molecular complexity index is 436. The molecule has 0 radical (unpaired) electrons. The van der Waals surface area contributed by atoms with Gasteiger partial charge in [-0.05, 0) is 52.3 Å². The SMILES string of the molecule is Oc1ccc(OCc2ccc(Br)s2)cc1. The molecule has 0 saturated carbocycles. The lowest BCUT2D eigenvalue weighted by atomic mass is 10.3. The van der Waals surface area contributed by atoms with Crippen molar-refractivity contribution >= 4 is 27.3 Å². The van der Waals surface area contributed by atoms with Gasteiger partial charge in [0.05, 0.1) is 3.79 Å². The fourth-order valence-electron chi connectivity index (χ4n) is 1.13. The summed E-state index contributed by atoms with van der Waals surface area (Å²) in [6.07, 6.45) is 0. The van der Waals surface area contributed by atoms with E-state index in [2.05, 4.69) is 15.9 Å². The van der Waals surface area contributed by atoms with Gasteiger partial charge in [-0.1, -0.05) is 0 Å². The summed E-state index contributed by atoms with van der Waals surface area (Å²) in [5, 5.41) is 9.09. The molecule has 2 rings (SSSR count). The Morgan fingerprint density at radius 3 is 2.47 bits per heavy atom. The maximum Gasteiger partial charge on any atom is 0.122 e. The first-order valence-electron chi connectivity index (χ1n) is 4.40. The summed E-state index contributed by atoms with van der Waals surface area (Å²) in [4.78, 5) is 1.16. The highest BCUT2D eigenvalue weighted by molar-refractivity contribution is 9.11. The average molecular weight is 285 g/mol. The zero-order valence-electron chi connectivity index (χ0n) is 7.81. The van der Waals surface area contributed by atoms with Gasteiger partial charge in [-0.15, -0.1) is 11.3 Å². The molecule has 0 aliphatic carbocycles. The number of hydrogen-bond acceptors (Lipinski definition) is 3. The third-order valence-corrected chi connectivity index (χ3v) is 3.44. The van der Waals surface area contributed by atoms with Gasteiger partial charge < -0.3 is 9.84 Å². The number of phenols is 1. The summed E-state index contributed by atoms with van der Waals surface area (Å²) in [6.45, 7) is 0.557. The van der Waals surface area contributed by atoms with Crippen LogP contribution in [-0.4, -0.2) is 5.11 Å². The van der Waals surface area contributed by atoms with E-state index in [-0.39, 0.29) is 5.75 Å². The van der Waals surface area contributed by atoms with Gasteiger partial charge in [0.15, 0.2) is 0 Å². The molecule has 0 atom stereocenters. The highest BCUT2D eigenvalue weighted by Gasteiger charge is 1.99. The molecule has 0 bridgehead atoms. The van der Waals surface area contributed by atoms with Crippen LogP contribution in [0.25, 0.3) is 0 Å². The fraction of sp³-hybridized carbons (Fsp3) is 0.0909. The molecule has 0 spiro atoms. The Balaban J connectivity index is 1.96. The number of aromatic hydroxyl groups is 1. The molecule has 1 heterocycles. The molecule has 1 aromatic heterocycles. The standard InChI is InChI=1S/C11H9BrO2S/c12-11-6-5-10(15-11)7-14-9-3-1-8(13)2-4-9/h1-6,13H,7H2. The number of phenolic OH excluding ortho intramolecular Hbond substituents is 1. The Labute approximate surface area is 100 Å². The molecular weight excluding hydrogens is 276 g/mol. The van der Waals surface area contributed by atoms with Crippen molar-refractivity contribution in [1.29, 1.82) is 0 Å². The van der Waals surface area contributed by atoms with Crippen LogP contribution >= 0.6 is 27.3 Å². The average Bonchev–Trinajstić information content (AvgIpc) is 2.64. The predicted octanol–water partition coefficient (Wildman–Crippen LogP) is 3.80. The normalized spacial score (nSPS) is 10.2. The number of benzene rings is 1. The van der Waals surface area contributed by atoms with E-state index in [0.717, 1.165) is 14.4 Å². The van der Waals surface area contributed by atoms with E-state index >= 15 is 0 Å². The summed E-state index contributed by atoms with van der Waals surface area (Å²) in [6, 6.07) is 10.7. The van der Waals surface area contributed by atoms with E-state index in [4.69, 9.17) is 9.84 Å². The lowest BCUT2D eigenvalue weighted by Gasteiger charge is -2.03. The van der Waals surface area contributed by atoms with Crippen LogP contribution in [0.1, 0.15) is 4.88 Å². The first kappa shape index (κ1) is 10.5. The van der Waals surface area contributed by atoms with Crippen LogP contribution in [-0.2, 0) is 6.61 Å². The van der Waals surface area contributed by atoms with Crippen molar-refractivity contribution < 1.29 is 9.84 Å². The molecule has 1 aromatic carbocycles. The lowest BCUT2D eigenvalue weighted by molar-refractivity contribution is 0.309. The van der Waals surface area contributed by atoms with Crippen molar-refractivity contribution in [2.45, 2.75) is 6.61 Å². The smallest absolute Gasteiger partial charge is 0.122 e. The van der Waals surface area contributed by atoms with Gasteiger partial charge in [0.25, 0.3) is 0 Å². The minimum atomic E-state index is 0.251. The first-order valence-corrected chi connectivity index (χ1v) is 6.01. The van der Waals surface area contributed by atoms with Gasteiger partial charge in [0, 0.05) is 4.88 Å². The Morgan fingerprint density at radius 1 is 1.13 bits per heavy atom.